The van der Waals surface area contributed by atoms with E-state index in [-0.39, 0.29) is 25.2 Å². The molecule has 0 radical (unpaired) electrons. The van der Waals surface area contributed by atoms with Gasteiger partial charge in [0.05, 0.1) is 18.4 Å². The number of carbonyl (C=O) groups excluding carboxylic acids is 2. The summed E-state index contributed by atoms with van der Waals surface area (Å²) in [6, 6.07) is -0.552. The van der Waals surface area contributed by atoms with E-state index in [0.717, 1.165) is 36.0 Å². The van der Waals surface area contributed by atoms with Crippen molar-refractivity contribution >= 4 is 38.4 Å². The Kier molecular flexibility index (Phi) is 7.24. The number of piperidine rings is 1. The Morgan fingerprint density at radius 1 is 1.30 bits per heavy atom. The van der Waals surface area contributed by atoms with Crippen molar-refractivity contribution in [2.24, 2.45) is 0 Å². The third-order valence-corrected chi connectivity index (χ3v) is 6.37. The molecule has 0 aliphatic carbocycles. The van der Waals surface area contributed by atoms with Gasteiger partial charge in [0.25, 0.3) is 0 Å². The molecule has 0 spiro atoms. The molecule has 2 N–H and O–H groups in total. The molecule has 0 aromatic carbocycles. The number of aryl methyl sites for hydroxylation is 1. The van der Waals surface area contributed by atoms with E-state index in [1.165, 1.54) is 11.3 Å². The Morgan fingerprint density at radius 3 is 2.63 bits per heavy atom. The third kappa shape index (κ3) is 5.66. The van der Waals surface area contributed by atoms with Crippen LogP contribution in [0.15, 0.2) is 0 Å². The van der Waals surface area contributed by atoms with Crippen molar-refractivity contribution in [1.82, 2.24) is 9.62 Å². The first-order valence-electron chi connectivity index (χ1n) is 8.93. The first kappa shape index (κ1) is 21.6. The Labute approximate surface area is 164 Å². The van der Waals surface area contributed by atoms with Gasteiger partial charge in [0.15, 0.2) is 0 Å². The van der Waals surface area contributed by atoms with Crippen molar-refractivity contribution in [1.29, 1.82) is 0 Å². The number of rotatable bonds is 6. The number of urea groups is 1. The second-order valence-electron chi connectivity index (χ2n) is 6.60. The van der Waals surface area contributed by atoms with Crippen molar-refractivity contribution in [2.75, 3.05) is 31.3 Å². The van der Waals surface area contributed by atoms with Gasteiger partial charge >= 0.3 is 12.0 Å². The monoisotopic (exact) mass is 417 g/mol. The molecule has 0 bridgehead atoms. The molecule has 2 amide bonds. The maximum Gasteiger partial charge on any atom is 0.341 e. The van der Waals surface area contributed by atoms with Gasteiger partial charge in [-0.15, -0.1) is 11.3 Å². The van der Waals surface area contributed by atoms with Crippen LogP contribution < -0.4 is 10.0 Å². The molecule has 1 atom stereocenters. The van der Waals surface area contributed by atoms with Gasteiger partial charge in [0.2, 0.25) is 10.0 Å². The smallest absolute Gasteiger partial charge is 0.341 e. The van der Waals surface area contributed by atoms with Gasteiger partial charge < -0.3 is 9.64 Å². The minimum absolute atomic E-state index is 0.180. The molecule has 2 rings (SSSR count). The molecule has 1 aliphatic rings. The highest BCUT2D eigenvalue weighted by Crippen LogP contribution is 2.33. The van der Waals surface area contributed by atoms with Crippen LogP contribution in [0.4, 0.5) is 9.80 Å². The molecule has 152 valence electrons. The number of anilines is 1. The highest BCUT2D eigenvalue weighted by Gasteiger charge is 2.29. The normalized spacial score (nSPS) is 17.6. The van der Waals surface area contributed by atoms with Crippen LogP contribution in [0, 0.1) is 13.8 Å². The number of likely N-dealkylation sites (tertiary alicyclic amines) is 1. The minimum Gasteiger partial charge on any atom is -0.462 e. The molecule has 1 aliphatic heterocycles. The highest BCUT2D eigenvalue weighted by atomic mass is 32.2. The average molecular weight is 418 g/mol. The van der Waals surface area contributed by atoms with E-state index < -0.39 is 16.0 Å². The fraction of sp³-hybridized carbons (Fsp3) is 0.647. The number of esters is 1. The number of hydrogen-bond acceptors (Lipinski definition) is 6. The number of sulfonamides is 1. The van der Waals surface area contributed by atoms with Crippen molar-refractivity contribution in [3.05, 3.63) is 16.0 Å². The standard InChI is InChI=1S/C17H27N3O5S2/c1-5-25-16(21)14-11(2)12(3)26-15(14)19-17(22)20-9-7-6-8-13(20)10-18-27(4,23)24/h13,18H,5-10H2,1-4H3,(H,19,22). The van der Waals surface area contributed by atoms with Crippen LogP contribution in [-0.4, -0.2) is 57.3 Å². The summed E-state index contributed by atoms with van der Waals surface area (Å²) in [6.07, 6.45) is 3.62. The summed E-state index contributed by atoms with van der Waals surface area (Å²) in [6.45, 7) is 6.43. The van der Waals surface area contributed by atoms with Crippen LogP contribution in [-0.2, 0) is 14.8 Å². The Morgan fingerprint density at radius 2 is 2.00 bits per heavy atom. The summed E-state index contributed by atoms with van der Waals surface area (Å²) in [4.78, 5) is 27.7. The lowest BCUT2D eigenvalue weighted by Crippen LogP contribution is -2.50. The van der Waals surface area contributed by atoms with Crippen LogP contribution in [0.1, 0.15) is 47.0 Å². The third-order valence-electron chi connectivity index (χ3n) is 4.55. The number of nitrogens with zero attached hydrogens (tertiary/aromatic N) is 1. The molecule has 27 heavy (non-hydrogen) atoms. The number of amides is 2. The summed E-state index contributed by atoms with van der Waals surface area (Å²) >= 11 is 1.34. The molecule has 1 fully saturated rings. The van der Waals surface area contributed by atoms with Gasteiger partial charge in [0.1, 0.15) is 5.00 Å². The second kappa shape index (κ2) is 9.03. The topological polar surface area (TPSA) is 105 Å². The van der Waals surface area contributed by atoms with Crippen LogP contribution in [0.5, 0.6) is 0 Å². The predicted molar refractivity (Wildman–Crippen MR) is 106 cm³/mol. The molecular weight excluding hydrogens is 390 g/mol. The van der Waals surface area contributed by atoms with Crippen LogP contribution in [0.25, 0.3) is 0 Å². The lowest BCUT2D eigenvalue weighted by molar-refractivity contribution is 0.0527. The van der Waals surface area contributed by atoms with Crippen molar-refractivity contribution < 1.29 is 22.7 Å². The molecule has 2 heterocycles. The van der Waals surface area contributed by atoms with Gasteiger partial charge in [-0.2, -0.15) is 0 Å². The lowest BCUT2D eigenvalue weighted by atomic mass is 10.0. The van der Waals surface area contributed by atoms with Gasteiger partial charge in [-0.1, -0.05) is 0 Å². The molecule has 8 nitrogen and oxygen atoms in total. The van der Waals surface area contributed by atoms with E-state index in [1.807, 2.05) is 13.8 Å². The number of carbonyl (C=O) groups is 2. The predicted octanol–water partition coefficient (Wildman–Crippen LogP) is 2.48. The molecule has 0 saturated carbocycles. The van der Waals surface area contributed by atoms with Crippen LogP contribution in [0.2, 0.25) is 0 Å². The first-order valence-corrected chi connectivity index (χ1v) is 11.6. The Bertz CT molecular complexity index is 804. The zero-order valence-electron chi connectivity index (χ0n) is 16.1. The molecular formula is C17H27N3O5S2. The molecule has 1 aromatic heterocycles. The summed E-state index contributed by atoms with van der Waals surface area (Å²) in [7, 11) is -3.33. The highest BCUT2D eigenvalue weighted by molar-refractivity contribution is 7.88. The summed E-state index contributed by atoms with van der Waals surface area (Å²) in [5, 5.41) is 3.30. The second-order valence-corrected chi connectivity index (χ2v) is 9.66. The quantitative estimate of drug-likeness (QED) is 0.692. The SMILES string of the molecule is CCOC(=O)c1c(NC(=O)N2CCCCC2CNS(C)(=O)=O)sc(C)c1C. The molecule has 10 heteroatoms. The van der Waals surface area contributed by atoms with Gasteiger partial charge in [-0.25, -0.2) is 22.7 Å². The van der Waals surface area contributed by atoms with Gasteiger partial charge in [-0.3, -0.25) is 5.32 Å². The number of hydrogen-bond donors (Lipinski definition) is 2. The first-order chi connectivity index (χ1) is 12.6. The molecule has 1 unspecified atom stereocenters. The summed E-state index contributed by atoms with van der Waals surface area (Å²) in [5.41, 5.74) is 1.18. The molecule has 1 saturated heterocycles. The zero-order chi connectivity index (χ0) is 20.2. The maximum absolute atomic E-state index is 12.8. The number of thiophene rings is 1. The van der Waals surface area contributed by atoms with Gasteiger partial charge in [-0.05, 0) is 45.6 Å². The van der Waals surface area contributed by atoms with Crippen molar-refractivity contribution in [3.8, 4) is 0 Å². The van der Waals surface area contributed by atoms with Crippen molar-refractivity contribution in [2.45, 2.75) is 46.1 Å². The lowest BCUT2D eigenvalue weighted by Gasteiger charge is -2.35. The Hall–Kier alpha value is -1.65. The number of nitrogens with one attached hydrogen (secondary N) is 2. The fourth-order valence-corrected chi connectivity index (χ4v) is 4.59. The minimum atomic E-state index is -3.33. The van der Waals surface area contributed by atoms with Crippen LogP contribution in [0.3, 0.4) is 0 Å². The zero-order valence-corrected chi connectivity index (χ0v) is 17.8. The maximum atomic E-state index is 12.8. The van der Waals surface area contributed by atoms with E-state index in [1.54, 1.807) is 11.8 Å². The van der Waals surface area contributed by atoms with Crippen LogP contribution >= 0.6 is 11.3 Å². The van der Waals surface area contributed by atoms with E-state index in [2.05, 4.69) is 10.0 Å². The average Bonchev–Trinajstić information content (AvgIpc) is 2.86. The van der Waals surface area contributed by atoms with E-state index >= 15 is 0 Å². The number of ether oxygens (including phenoxy) is 1. The largest absolute Gasteiger partial charge is 0.462 e. The van der Waals surface area contributed by atoms with Crippen molar-refractivity contribution in [3.63, 3.8) is 0 Å². The van der Waals surface area contributed by atoms with E-state index in [9.17, 15) is 18.0 Å². The summed E-state index contributed by atoms with van der Waals surface area (Å²) < 4.78 is 30.4. The van der Waals surface area contributed by atoms with Gasteiger partial charge in [0, 0.05) is 24.0 Å². The fourth-order valence-electron chi connectivity index (χ4n) is 3.06. The summed E-state index contributed by atoms with van der Waals surface area (Å²) in [5.74, 6) is -0.455. The van der Waals surface area contributed by atoms with E-state index in [0.29, 0.717) is 17.1 Å². The molecule has 1 aromatic rings. The van der Waals surface area contributed by atoms with E-state index in [4.69, 9.17) is 4.74 Å². The Balaban J connectivity index is 2.17.